The van der Waals surface area contributed by atoms with Crippen LogP contribution in [0, 0.1) is 5.82 Å². The van der Waals surface area contributed by atoms with Gasteiger partial charge in [-0.3, -0.25) is 4.79 Å². The third-order valence-corrected chi connectivity index (χ3v) is 8.41. The van der Waals surface area contributed by atoms with Gasteiger partial charge in [0.2, 0.25) is 11.0 Å². The van der Waals surface area contributed by atoms with E-state index in [4.69, 9.17) is 4.42 Å². The number of nitrogens with zero attached hydrogens (tertiary/aromatic N) is 1. The Hall–Kier alpha value is -3.96. The molecule has 11 heteroatoms. The molecule has 0 unspecified atom stereocenters. The fourth-order valence-electron chi connectivity index (χ4n) is 4.61. The summed E-state index contributed by atoms with van der Waals surface area (Å²) in [6, 6.07) is 16.1. The Kier molecular flexibility index (Phi) is 7.52. The lowest BCUT2D eigenvalue weighted by atomic mass is 10.1. The molecular formula is C29H24F4N2O4S. The van der Waals surface area contributed by atoms with Gasteiger partial charge in [0.15, 0.2) is 0 Å². The van der Waals surface area contributed by atoms with Crippen LogP contribution in [0.5, 0.6) is 0 Å². The Bertz CT molecular complexity index is 1680. The van der Waals surface area contributed by atoms with E-state index in [1.807, 2.05) is 12.1 Å². The van der Waals surface area contributed by atoms with Crippen LogP contribution in [0.3, 0.4) is 0 Å². The van der Waals surface area contributed by atoms with Gasteiger partial charge in [0.05, 0.1) is 5.56 Å². The molecule has 40 heavy (non-hydrogen) atoms. The molecule has 0 radical (unpaired) electrons. The average Bonchev–Trinajstić information content (AvgIpc) is 3.59. The Labute approximate surface area is 228 Å². The molecule has 1 aliphatic rings. The van der Waals surface area contributed by atoms with Crippen LogP contribution in [0.25, 0.3) is 23.1 Å². The fraction of sp³-hybridized carbons (Fsp3) is 0.207. The lowest BCUT2D eigenvalue weighted by molar-refractivity contribution is -0.137. The van der Waals surface area contributed by atoms with Crippen LogP contribution in [0.4, 0.5) is 17.6 Å². The number of halogens is 4. The Morgan fingerprint density at radius 3 is 2.50 bits per heavy atom. The van der Waals surface area contributed by atoms with Gasteiger partial charge in [-0.2, -0.15) is 17.5 Å². The van der Waals surface area contributed by atoms with Gasteiger partial charge in [-0.15, -0.1) is 0 Å². The first-order valence-corrected chi connectivity index (χ1v) is 13.9. The van der Waals surface area contributed by atoms with Crippen molar-refractivity contribution in [1.82, 2.24) is 9.62 Å². The smallest absolute Gasteiger partial charge is 0.416 e. The van der Waals surface area contributed by atoms with Gasteiger partial charge in [0.25, 0.3) is 10.0 Å². The summed E-state index contributed by atoms with van der Waals surface area (Å²) >= 11 is 0. The lowest BCUT2D eigenvalue weighted by Gasteiger charge is -2.22. The number of carbonyl (C=O) groups excluding carboxylic acids is 1. The molecule has 1 aromatic heterocycles. The van der Waals surface area contributed by atoms with Gasteiger partial charge in [-0.25, -0.2) is 12.8 Å². The zero-order valence-electron chi connectivity index (χ0n) is 21.0. The lowest BCUT2D eigenvalue weighted by Crippen LogP contribution is -2.45. The molecule has 208 valence electrons. The molecule has 1 aliphatic heterocycles. The summed E-state index contributed by atoms with van der Waals surface area (Å²) in [5, 5.41) is 2.76. The number of furan rings is 1. The third kappa shape index (κ3) is 5.95. The SMILES string of the molecule is O=C(NCc1cccc(C=Cc2ccc(C(F)(F)F)cc2)c1)[C@@H]1CCCN1S(=O)(=O)c1cc2cc(F)ccc2o1. The number of hydrogen-bond donors (Lipinski definition) is 1. The summed E-state index contributed by atoms with van der Waals surface area (Å²) < 4.78 is 84.9. The molecule has 1 atom stereocenters. The first-order chi connectivity index (χ1) is 19.0. The van der Waals surface area contributed by atoms with E-state index in [0.717, 1.165) is 27.6 Å². The van der Waals surface area contributed by atoms with E-state index in [-0.39, 0.29) is 23.8 Å². The number of carbonyl (C=O) groups is 1. The highest BCUT2D eigenvalue weighted by atomic mass is 32.2. The van der Waals surface area contributed by atoms with Crippen molar-refractivity contribution in [2.45, 2.75) is 36.7 Å². The number of nitrogens with one attached hydrogen (secondary N) is 1. The largest absolute Gasteiger partial charge is 0.443 e. The van der Waals surface area contributed by atoms with Gasteiger partial charge < -0.3 is 9.73 Å². The number of amides is 1. The number of rotatable bonds is 7. The first kappa shape index (κ1) is 27.6. The van der Waals surface area contributed by atoms with Gasteiger partial charge in [-0.05, 0) is 65.9 Å². The number of fused-ring (bicyclic) bond motifs is 1. The van der Waals surface area contributed by atoms with E-state index in [9.17, 15) is 30.8 Å². The molecule has 1 saturated heterocycles. The molecule has 0 aliphatic carbocycles. The zero-order valence-corrected chi connectivity index (χ0v) is 21.8. The van der Waals surface area contributed by atoms with E-state index in [1.165, 1.54) is 36.4 Å². The molecule has 0 bridgehead atoms. The maximum absolute atomic E-state index is 13.5. The van der Waals surface area contributed by atoms with E-state index in [1.54, 1.807) is 24.3 Å². The second kappa shape index (κ2) is 10.9. The molecular weight excluding hydrogens is 548 g/mol. The minimum absolute atomic E-state index is 0.148. The van der Waals surface area contributed by atoms with E-state index in [0.29, 0.717) is 23.8 Å². The van der Waals surface area contributed by atoms with Gasteiger partial charge in [-0.1, -0.05) is 42.5 Å². The van der Waals surface area contributed by atoms with Crippen LogP contribution < -0.4 is 5.32 Å². The van der Waals surface area contributed by atoms with Crippen molar-refractivity contribution in [3.8, 4) is 0 Å². The maximum Gasteiger partial charge on any atom is 0.416 e. The number of alkyl halides is 3. The maximum atomic E-state index is 13.5. The minimum atomic E-state index is -4.39. The number of benzene rings is 3. The van der Waals surface area contributed by atoms with Crippen molar-refractivity contribution in [3.05, 3.63) is 101 Å². The van der Waals surface area contributed by atoms with Crippen LogP contribution >= 0.6 is 0 Å². The van der Waals surface area contributed by atoms with Crippen molar-refractivity contribution in [2.24, 2.45) is 0 Å². The Balaban J connectivity index is 1.24. The van der Waals surface area contributed by atoms with Crippen LogP contribution in [-0.2, 0) is 27.5 Å². The topological polar surface area (TPSA) is 79.6 Å². The molecule has 4 aromatic rings. The summed E-state index contributed by atoms with van der Waals surface area (Å²) in [6.45, 7) is 0.297. The second-order valence-corrected chi connectivity index (χ2v) is 11.3. The molecule has 2 heterocycles. The normalized spacial score (nSPS) is 16.6. The molecule has 0 spiro atoms. The van der Waals surface area contributed by atoms with Gasteiger partial charge in [0.1, 0.15) is 17.4 Å². The zero-order chi connectivity index (χ0) is 28.5. The van der Waals surface area contributed by atoms with Crippen LogP contribution in [0.15, 0.2) is 82.3 Å². The van der Waals surface area contributed by atoms with Crippen molar-refractivity contribution in [2.75, 3.05) is 6.54 Å². The standard InChI is InChI=1S/C29H24F4N2O4S/c30-24-12-13-26-22(16-24)17-27(39-26)40(37,38)35-14-2-5-25(35)28(36)34-18-21-4-1-3-20(15-21)7-6-19-8-10-23(11-9-19)29(31,32)33/h1,3-4,6-13,15-17,25H,2,5,14,18H2,(H,34,36)/t25-/m0/s1. The predicted molar refractivity (Wildman–Crippen MR) is 142 cm³/mol. The van der Waals surface area contributed by atoms with E-state index >= 15 is 0 Å². The van der Waals surface area contributed by atoms with Crippen molar-refractivity contribution in [1.29, 1.82) is 0 Å². The third-order valence-electron chi connectivity index (χ3n) is 6.65. The molecule has 5 rings (SSSR count). The highest BCUT2D eigenvalue weighted by Crippen LogP contribution is 2.31. The average molecular weight is 573 g/mol. The molecule has 3 aromatic carbocycles. The number of sulfonamides is 1. The summed E-state index contributed by atoms with van der Waals surface area (Å²) in [7, 11) is -4.13. The van der Waals surface area contributed by atoms with Crippen molar-refractivity contribution >= 4 is 39.1 Å². The van der Waals surface area contributed by atoms with E-state index < -0.39 is 39.5 Å². The first-order valence-electron chi connectivity index (χ1n) is 12.4. The minimum Gasteiger partial charge on any atom is -0.443 e. The van der Waals surface area contributed by atoms with E-state index in [2.05, 4.69) is 5.32 Å². The monoisotopic (exact) mass is 572 g/mol. The second-order valence-electron chi connectivity index (χ2n) is 9.44. The predicted octanol–water partition coefficient (Wildman–Crippen LogP) is 6.23. The summed E-state index contributed by atoms with van der Waals surface area (Å²) in [5.74, 6) is -0.969. The van der Waals surface area contributed by atoms with Gasteiger partial charge in [0, 0.05) is 24.5 Å². The summed E-state index contributed by atoms with van der Waals surface area (Å²) in [5.41, 5.74) is 1.65. The molecule has 6 nitrogen and oxygen atoms in total. The highest BCUT2D eigenvalue weighted by molar-refractivity contribution is 7.89. The summed E-state index contributed by atoms with van der Waals surface area (Å²) in [4.78, 5) is 13.0. The van der Waals surface area contributed by atoms with Crippen LogP contribution in [0.1, 0.15) is 35.1 Å². The highest BCUT2D eigenvalue weighted by Gasteiger charge is 2.41. The molecule has 0 saturated carbocycles. The Morgan fingerprint density at radius 1 is 1.00 bits per heavy atom. The molecule has 1 fully saturated rings. The quantitative estimate of drug-likeness (QED) is 0.210. The van der Waals surface area contributed by atoms with Crippen LogP contribution in [-0.4, -0.2) is 31.2 Å². The molecule has 1 N–H and O–H groups in total. The fourth-order valence-corrected chi connectivity index (χ4v) is 6.22. The van der Waals surface area contributed by atoms with Gasteiger partial charge >= 0.3 is 6.18 Å². The number of hydrogen-bond acceptors (Lipinski definition) is 4. The van der Waals surface area contributed by atoms with Crippen LogP contribution in [0.2, 0.25) is 0 Å². The van der Waals surface area contributed by atoms with Crippen molar-refractivity contribution in [3.63, 3.8) is 0 Å². The van der Waals surface area contributed by atoms with Crippen molar-refractivity contribution < 1.29 is 35.2 Å². The Morgan fingerprint density at radius 2 is 1.75 bits per heavy atom. The molecule has 1 amide bonds. The summed E-state index contributed by atoms with van der Waals surface area (Å²) in [6.07, 6.45) is -0.120.